The zero-order valence-electron chi connectivity index (χ0n) is 11.5. The predicted octanol–water partition coefficient (Wildman–Crippen LogP) is 3.77. The Kier molecular flexibility index (Phi) is 3.38. The first-order valence-electron chi connectivity index (χ1n) is 6.85. The number of nitrogens with zero attached hydrogens (tertiary/aromatic N) is 1. The van der Waals surface area contributed by atoms with E-state index in [4.69, 9.17) is 0 Å². The van der Waals surface area contributed by atoms with E-state index < -0.39 is 0 Å². The van der Waals surface area contributed by atoms with Crippen molar-refractivity contribution in [1.29, 1.82) is 0 Å². The van der Waals surface area contributed by atoms with Crippen LogP contribution in [-0.4, -0.2) is 10.8 Å². The van der Waals surface area contributed by atoms with Crippen LogP contribution in [-0.2, 0) is 11.3 Å². The SMILES string of the molecule is Cc1ccc(C2=CCC(=O)N2Cc2ccccc2)cc1. The van der Waals surface area contributed by atoms with Gasteiger partial charge in [0.05, 0.1) is 6.54 Å². The van der Waals surface area contributed by atoms with Crippen molar-refractivity contribution in [3.05, 3.63) is 77.4 Å². The van der Waals surface area contributed by atoms with E-state index in [-0.39, 0.29) is 5.91 Å². The standard InChI is InChI=1S/C18H17NO/c1-14-7-9-16(10-8-14)17-11-12-18(20)19(17)13-15-5-3-2-4-6-15/h2-11H,12-13H2,1H3. The smallest absolute Gasteiger partial charge is 0.231 e. The van der Waals surface area contributed by atoms with Gasteiger partial charge in [-0.1, -0.05) is 66.2 Å². The normalized spacial score (nSPS) is 14.6. The van der Waals surface area contributed by atoms with E-state index in [0.29, 0.717) is 13.0 Å². The Morgan fingerprint density at radius 2 is 1.70 bits per heavy atom. The molecule has 2 aromatic rings. The van der Waals surface area contributed by atoms with Crippen LogP contribution in [0.3, 0.4) is 0 Å². The van der Waals surface area contributed by atoms with Crippen LogP contribution >= 0.6 is 0 Å². The molecule has 0 bridgehead atoms. The van der Waals surface area contributed by atoms with Gasteiger partial charge in [-0.2, -0.15) is 0 Å². The fourth-order valence-corrected chi connectivity index (χ4v) is 2.48. The molecule has 2 aromatic carbocycles. The minimum absolute atomic E-state index is 0.171. The number of aryl methyl sites for hydroxylation is 1. The minimum atomic E-state index is 0.171. The molecule has 1 aliphatic rings. The molecule has 0 spiro atoms. The van der Waals surface area contributed by atoms with Gasteiger partial charge in [0.2, 0.25) is 5.91 Å². The molecule has 0 aliphatic carbocycles. The van der Waals surface area contributed by atoms with E-state index in [9.17, 15) is 4.79 Å². The third kappa shape index (κ3) is 2.50. The van der Waals surface area contributed by atoms with E-state index in [2.05, 4.69) is 43.3 Å². The largest absolute Gasteiger partial charge is 0.307 e. The Morgan fingerprint density at radius 3 is 2.40 bits per heavy atom. The van der Waals surface area contributed by atoms with Crippen LogP contribution in [0.5, 0.6) is 0 Å². The van der Waals surface area contributed by atoms with E-state index >= 15 is 0 Å². The van der Waals surface area contributed by atoms with Crippen LogP contribution < -0.4 is 0 Å². The highest BCUT2D eigenvalue weighted by molar-refractivity contribution is 5.93. The van der Waals surface area contributed by atoms with E-state index in [1.165, 1.54) is 5.56 Å². The van der Waals surface area contributed by atoms with Crippen LogP contribution in [0.1, 0.15) is 23.1 Å². The Hall–Kier alpha value is -2.35. The topological polar surface area (TPSA) is 20.3 Å². The molecule has 0 atom stereocenters. The number of benzene rings is 2. The van der Waals surface area contributed by atoms with Crippen LogP contribution in [0, 0.1) is 6.92 Å². The summed E-state index contributed by atoms with van der Waals surface area (Å²) in [4.78, 5) is 14.0. The van der Waals surface area contributed by atoms with Crippen molar-refractivity contribution in [2.45, 2.75) is 19.9 Å². The maximum absolute atomic E-state index is 12.1. The lowest BCUT2D eigenvalue weighted by Gasteiger charge is -2.21. The molecule has 20 heavy (non-hydrogen) atoms. The lowest BCUT2D eigenvalue weighted by atomic mass is 10.1. The number of rotatable bonds is 3. The minimum Gasteiger partial charge on any atom is -0.307 e. The number of carbonyl (C=O) groups excluding carboxylic acids is 1. The van der Waals surface area contributed by atoms with Crippen LogP contribution in [0.2, 0.25) is 0 Å². The molecule has 0 saturated carbocycles. The first-order valence-corrected chi connectivity index (χ1v) is 6.85. The van der Waals surface area contributed by atoms with Crippen LogP contribution in [0.25, 0.3) is 5.70 Å². The predicted molar refractivity (Wildman–Crippen MR) is 80.8 cm³/mol. The van der Waals surface area contributed by atoms with Crippen molar-refractivity contribution in [3.8, 4) is 0 Å². The highest BCUT2D eigenvalue weighted by Crippen LogP contribution is 2.28. The lowest BCUT2D eigenvalue weighted by molar-refractivity contribution is -0.126. The van der Waals surface area contributed by atoms with Crippen molar-refractivity contribution in [1.82, 2.24) is 4.90 Å². The third-order valence-corrected chi connectivity index (χ3v) is 3.59. The summed E-state index contributed by atoms with van der Waals surface area (Å²) in [6, 6.07) is 18.4. The molecule has 1 heterocycles. The van der Waals surface area contributed by atoms with Gasteiger partial charge in [0, 0.05) is 12.1 Å². The van der Waals surface area contributed by atoms with Gasteiger partial charge in [0.1, 0.15) is 0 Å². The number of hydrogen-bond acceptors (Lipinski definition) is 1. The van der Waals surface area contributed by atoms with E-state index in [1.54, 1.807) is 0 Å². The zero-order chi connectivity index (χ0) is 13.9. The second kappa shape index (κ2) is 5.33. The summed E-state index contributed by atoms with van der Waals surface area (Å²) in [6.45, 7) is 2.71. The summed E-state index contributed by atoms with van der Waals surface area (Å²) in [7, 11) is 0. The van der Waals surface area contributed by atoms with Gasteiger partial charge >= 0.3 is 0 Å². The molecule has 0 unspecified atom stereocenters. The van der Waals surface area contributed by atoms with Crippen molar-refractivity contribution in [3.63, 3.8) is 0 Å². The molecule has 0 radical (unpaired) electrons. The monoisotopic (exact) mass is 263 g/mol. The Balaban J connectivity index is 1.87. The van der Waals surface area contributed by atoms with Gasteiger partial charge in [-0.3, -0.25) is 4.79 Å². The zero-order valence-corrected chi connectivity index (χ0v) is 11.5. The molecule has 0 saturated heterocycles. The van der Waals surface area contributed by atoms with E-state index in [1.807, 2.05) is 29.2 Å². The summed E-state index contributed by atoms with van der Waals surface area (Å²) in [5.74, 6) is 0.171. The highest BCUT2D eigenvalue weighted by atomic mass is 16.2. The van der Waals surface area contributed by atoms with Gasteiger partial charge in [-0.25, -0.2) is 0 Å². The average molecular weight is 263 g/mol. The van der Waals surface area contributed by atoms with Gasteiger partial charge < -0.3 is 4.90 Å². The van der Waals surface area contributed by atoms with Gasteiger partial charge in [0.15, 0.2) is 0 Å². The fraction of sp³-hybridized carbons (Fsp3) is 0.167. The molecular formula is C18H17NO. The van der Waals surface area contributed by atoms with Gasteiger partial charge in [-0.15, -0.1) is 0 Å². The molecule has 0 aromatic heterocycles. The summed E-state index contributed by atoms with van der Waals surface area (Å²) < 4.78 is 0. The van der Waals surface area contributed by atoms with E-state index in [0.717, 1.165) is 16.8 Å². The summed E-state index contributed by atoms with van der Waals surface area (Å²) in [5.41, 5.74) is 4.52. The van der Waals surface area contributed by atoms with Gasteiger partial charge in [0.25, 0.3) is 0 Å². The molecule has 3 rings (SSSR count). The third-order valence-electron chi connectivity index (χ3n) is 3.59. The van der Waals surface area contributed by atoms with Gasteiger partial charge in [-0.05, 0) is 18.1 Å². The molecule has 2 nitrogen and oxygen atoms in total. The maximum atomic E-state index is 12.1. The average Bonchev–Trinajstić information content (AvgIpc) is 2.83. The Morgan fingerprint density at radius 1 is 1.00 bits per heavy atom. The van der Waals surface area contributed by atoms with Crippen molar-refractivity contribution >= 4 is 11.6 Å². The quantitative estimate of drug-likeness (QED) is 0.825. The first kappa shape index (κ1) is 12.7. The molecule has 0 N–H and O–H groups in total. The number of amides is 1. The van der Waals surface area contributed by atoms with Crippen LogP contribution in [0.15, 0.2) is 60.7 Å². The maximum Gasteiger partial charge on any atom is 0.231 e. The summed E-state index contributed by atoms with van der Waals surface area (Å²) >= 11 is 0. The molecule has 1 amide bonds. The number of carbonyl (C=O) groups is 1. The fourth-order valence-electron chi connectivity index (χ4n) is 2.48. The second-order valence-corrected chi connectivity index (χ2v) is 5.12. The van der Waals surface area contributed by atoms with Crippen LogP contribution in [0.4, 0.5) is 0 Å². The Labute approximate surface area is 119 Å². The first-order chi connectivity index (χ1) is 9.74. The van der Waals surface area contributed by atoms with Crippen molar-refractivity contribution in [2.75, 3.05) is 0 Å². The molecule has 2 heteroatoms. The Bertz CT molecular complexity index is 641. The number of hydrogen-bond donors (Lipinski definition) is 0. The van der Waals surface area contributed by atoms with Crippen molar-refractivity contribution in [2.24, 2.45) is 0 Å². The second-order valence-electron chi connectivity index (χ2n) is 5.12. The highest BCUT2D eigenvalue weighted by Gasteiger charge is 2.24. The summed E-state index contributed by atoms with van der Waals surface area (Å²) in [6.07, 6.45) is 2.52. The lowest BCUT2D eigenvalue weighted by Crippen LogP contribution is -2.24. The molecular weight excluding hydrogens is 246 g/mol. The summed E-state index contributed by atoms with van der Waals surface area (Å²) in [5, 5.41) is 0. The molecule has 1 aliphatic heterocycles. The van der Waals surface area contributed by atoms with Crippen molar-refractivity contribution < 1.29 is 4.79 Å². The molecule has 0 fully saturated rings. The molecule has 100 valence electrons.